The summed E-state index contributed by atoms with van der Waals surface area (Å²) >= 11 is 1.24. The van der Waals surface area contributed by atoms with Crippen molar-refractivity contribution in [1.29, 1.82) is 5.26 Å². The number of hydrogen-bond donors (Lipinski definition) is 1. The fraction of sp³-hybridized carbons (Fsp3) is 0.292. The van der Waals surface area contributed by atoms with Crippen LogP contribution in [0.15, 0.2) is 47.5 Å². The number of aromatic nitrogens is 1. The summed E-state index contributed by atoms with van der Waals surface area (Å²) in [5.74, 6) is 1.26. The number of anilines is 2. The maximum Gasteiger partial charge on any atom is 0.234 e. The molecular formula is C24H22N4O4S. The number of amides is 1. The molecule has 0 atom stereocenters. The van der Waals surface area contributed by atoms with Crippen molar-refractivity contribution in [2.75, 3.05) is 55.5 Å². The molecule has 168 valence electrons. The maximum absolute atomic E-state index is 12.8. The predicted molar refractivity (Wildman–Crippen MR) is 126 cm³/mol. The van der Waals surface area contributed by atoms with Crippen LogP contribution < -0.4 is 19.7 Å². The van der Waals surface area contributed by atoms with Crippen LogP contribution >= 0.6 is 11.8 Å². The Balaban J connectivity index is 1.31. The Labute approximate surface area is 195 Å². The average Bonchev–Trinajstić information content (AvgIpc) is 2.86. The van der Waals surface area contributed by atoms with Crippen molar-refractivity contribution in [1.82, 2.24) is 4.98 Å². The lowest BCUT2D eigenvalue weighted by Crippen LogP contribution is -2.36. The van der Waals surface area contributed by atoms with Crippen molar-refractivity contribution in [3.63, 3.8) is 0 Å². The van der Waals surface area contributed by atoms with E-state index in [1.54, 1.807) is 6.07 Å². The number of nitriles is 1. The molecule has 33 heavy (non-hydrogen) atoms. The summed E-state index contributed by atoms with van der Waals surface area (Å²) in [5.41, 5.74) is 2.86. The van der Waals surface area contributed by atoms with E-state index in [2.05, 4.69) is 21.3 Å². The lowest BCUT2D eigenvalue weighted by atomic mass is 10.1. The lowest BCUT2D eigenvalue weighted by molar-refractivity contribution is -0.113. The third kappa shape index (κ3) is 4.67. The summed E-state index contributed by atoms with van der Waals surface area (Å²) in [6.07, 6.45) is 0. The molecule has 9 heteroatoms. The Hall–Kier alpha value is -3.48. The summed E-state index contributed by atoms with van der Waals surface area (Å²) in [4.78, 5) is 19.6. The fourth-order valence-corrected chi connectivity index (χ4v) is 4.63. The second-order valence-electron chi connectivity index (χ2n) is 7.59. The van der Waals surface area contributed by atoms with Crippen molar-refractivity contribution in [3.05, 3.63) is 48.0 Å². The molecule has 0 saturated carbocycles. The molecule has 8 nitrogen and oxygen atoms in total. The first-order valence-corrected chi connectivity index (χ1v) is 11.7. The molecule has 0 aliphatic carbocycles. The van der Waals surface area contributed by atoms with E-state index >= 15 is 0 Å². The second kappa shape index (κ2) is 9.57. The highest BCUT2D eigenvalue weighted by molar-refractivity contribution is 8.00. The minimum Gasteiger partial charge on any atom is -0.486 e. The average molecular weight is 463 g/mol. The molecule has 3 aromatic rings. The van der Waals surface area contributed by atoms with Gasteiger partial charge >= 0.3 is 0 Å². The van der Waals surface area contributed by atoms with Crippen LogP contribution in [0.2, 0.25) is 0 Å². The summed E-state index contributed by atoms with van der Waals surface area (Å²) in [6.45, 7) is 3.89. The zero-order chi connectivity index (χ0) is 22.6. The highest BCUT2D eigenvalue weighted by Gasteiger charge is 2.18. The van der Waals surface area contributed by atoms with E-state index in [0.717, 1.165) is 29.9 Å². The molecule has 2 aromatic carbocycles. The molecule has 3 heterocycles. The molecule has 0 bridgehead atoms. The number of carbonyl (C=O) groups excluding carboxylic acids is 1. The second-order valence-corrected chi connectivity index (χ2v) is 8.56. The third-order valence-electron chi connectivity index (χ3n) is 5.43. The normalized spacial score (nSPS) is 15.2. The fourth-order valence-electron chi connectivity index (χ4n) is 3.86. The number of nitrogens with one attached hydrogen (secondary N) is 1. The van der Waals surface area contributed by atoms with Gasteiger partial charge in [-0.15, -0.1) is 0 Å². The number of morpholine rings is 1. The van der Waals surface area contributed by atoms with Crippen LogP contribution in [0, 0.1) is 11.3 Å². The lowest BCUT2D eigenvalue weighted by Gasteiger charge is -2.30. The molecule has 1 aromatic heterocycles. The van der Waals surface area contributed by atoms with Crippen LogP contribution in [0.5, 0.6) is 11.5 Å². The van der Waals surface area contributed by atoms with E-state index in [1.165, 1.54) is 11.8 Å². The minimum atomic E-state index is -0.159. The predicted octanol–water partition coefficient (Wildman–Crippen LogP) is 3.45. The Morgan fingerprint density at radius 1 is 1.09 bits per heavy atom. The zero-order valence-electron chi connectivity index (χ0n) is 17.9. The van der Waals surface area contributed by atoms with Gasteiger partial charge in [0.15, 0.2) is 11.5 Å². The van der Waals surface area contributed by atoms with E-state index < -0.39 is 0 Å². The standard InChI is InChI=1S/C24H22N4O4S/c25-14-17-11-16-12-21-22(32-10-9-31-21)13-19(16)27-24(17)33-15-23(29)26-18-3-1-2-4-20(18)28-5-7-30-8-6-28/h1-4,11-13H,5-10,15H2,(H,26,29). The van der Waals surface area contributed by atoms with Gasteiger partial charge in [-0.2, -0.15) is 5.26 Å². The van der Waals surface area contributed by atoms with Crippen LogP contribution in [-0.2, 0) is 9.53 Å². The maximum atomic E-state index is 12.8. The van der Waals surface area contributed by atoms with Crippen LogP contribution in [0.1, 0.15) is 5.56 Å². The highest BCUT2D eigenvalue weighted by atomic mass is 32.2. The van der Waals surface area contributed by atoms with Gasteiger partial charge in [-0.05, 0) is 24.3 Å². The first kappa shape index (κ1) is 21.4. The molecule has 5 rings (SSSR count). The van der Waals surface area contributed by atoms with Gasteiger partial charge in [0, 0.05) is 24.5 Å². The van der Waals surface area contributed by atoms with Gasteiger partial charge in [0.2, 0.25) is 5.91 Å². The molecule has 1 N–H and O–H groups in total. The van der Waals surface area contributed by atoms with E-state index in [0.29, 0.717) is 54.0 Å². The Morgan fingerprint density at radius 2 is 1.85 bits per heavy atom. The van der Waals surface area contributed by atoms with Gasteiger partial charge in [-0.25, -0.2) is 4.98 Å². The van der Waals surface area contributed by atoms with Gasteiger partial charge in [0.25, 0.3) is 0 Å². The summed E-state index contributed by atoms with van der Waals surface area (Å²) in [5, 5.41) is 13.9. The van der Waals surface area contributed by atoms with Gasteiger partial charge in [0.05, 0.1) is 41.4 Å². The summed E-state index contributed by atoms with van der Waals surface area (Å²) < 4.78 is 16.7. The van der Waals surface area contributed by atoms with E-state index in [1.807, 2.05) is 36.4 Å². The van der Waals surface area contributed by atoms with Gasteiger partial charge in [-0.1, -0.05) is 23.9 Å². The quantitative estimate of drug-likeness (QED) is 0.576. The van der Waals surface area contributed by atoms with E-state index in [-0.39, 0.29) is 11.7 Å². The number of hydrogen-bond acceptors (Lipinski definition) is 8. The zero-order valence-corrected chi connectivity index (χ0v) is 18.7. The topological polar surface area (TPSA) is 96.7 Å². The van der Waals surface area contributed by atoms with Crippen molar-refractivity contribution >= 4 is 39.9 Å². The molecule has 1 fully saturated rings. The molecule has 0 spiro atoms. The van der Waals surface area contributed by atoms with Crippen molar-refractivity contribution < 1.29 is 19.0 Å². The Kier molecular flexibility index (Phi) is 6.19. The Bertz CT molecular complexity index is 1240. The molecule has 2 aliphatic heterocycles. The molecule has 1 amide bonds. The number of thioether (sulfide) groups is 1. The number of ether oxygens (including phenoxy) is 3. The number of carbonyl (C=O) groups is 1. The first-order chi connectivity index (χ1) is 16.2. The highest BCUT2D eigenvalue weighted by Crippen LogP contribution is 2.36. The number of rotatable bonds is 5. The van der Waals surface area contributed by atoms with E-state index in [4.69, 9.17) is 14.2 Å². The number of pyridine rings is 1. The monoisotopic (exact) mass is 462 g/mol. The summed E-state index contributed by atoms with van der Waals surface area (Å²) in [6, 6.07) is 15.4. The SMILES string of the molecule is N#Cc1cc2cc3c(cc2nc1SCC(=O)Nc1ccccc1N1CCOCC1)OCCO3. The van der Waals surface area contributed by atoms with Crippen molar-refractivity contribution in [2.24, 2.45) is 0 Å². The largest absolute Gasteiger partial charge is 0.486 e. The van der Waals surface area contributed by atoms with Crippen molar-refractivity contribution in [2.45, 2.75) is 5.03 Å². The van der Waals surface area contributed by atoms with Crippen molar-refractivity contribution in [3.8, 4) is 17.6 Å². The number of nitrogens with zero attached hydrogens (tertiary/aromatic N) is 3. The molecule has 1 saturated heterocycles. The molecule has 0 unspecified atom stereocenters. The molecular weight excluding hydrogens is 440 g/mol. The minimum absolute atomic E-state index is 0.134. The number of benzene rings is 2. The Morgan fingerprint density at radius 3 is 2.64 bits per heavy atom. The molecule has 2 aliphatic rings. The van der Waals surface area contributed by atoms with Crippen LogP contribution in [-0.4, -0.2) is 56.2 Å². The summed E-state index contributed by atoms with van der Waals surface area (Å²) in [7, 11) is 0. The first-order valence-electron chi connectivity index (χ1n) is 10.7. The number of para-hydroxylation sites is 2. The van der Waals surface area contributed by atoms with Crippen LogP contribution in [0.4, 0.5) is 11.4 Å². The van der Waals surface area contributed by atoms with Gasteiger partial charge in [-0.3, -0.25) is 4.79 Å². The van der Waals surface area contributed by atoms with Crippen LogP contribution in [0.3, 0.4) is 0 Å². The van der Waals surface area contributed by atoms with E-state index in [9.17, 15) is 10.1 Å². The molecule has 0 radical (unpaired) electrons. The third-order valence-corrected chi connectivity index (χ3v) is 6.43. The smallest absolute Gasteiger partial charge is 0.234 e. The van der Waals surface area contributed by atoms with Gasteiger partial charge in [0.1, 0.15) is 24.3 Å². The van der Waals surface area contributed by atoms with Gasteiger partial charge < -0.3 is 24.4 Å². The van der Waals surface area contributed by atoms with Crippen LogP contribution in [0.25, 0.3) is 10.9 Å². The number of fused-ring (bicyclic) bond motifs is 2.